The van der Waals surface area contributed by atoms with Gasteiger partial charge in [-0.25, -0.2) is 18.4 Å². The Morgan fingerprint density at radius 2 is 1.76 bits per heavy atom. The van der Waals surface area contributed by atoms with E-state index in [-0.39, 0.29) is 16.5 Å². The Labute approximate surface area is 173 Å². The maximum atomic E-state index is 13.0. The van der Waals surface area contributed by atoms with Crippen LogP contribution in [0.1, 0.15) is 22.0 Å². The highest BCUT2D eigenvalue weighted by Gasteiger charge is 2.31. The van der Waals surface area contributed by atoms with Crippen LogP contribution in [0, 0.1) is 0 Å². The van der Waals surface area contributed by atoms with Gasteiger partial charge in [0.15, 0.2) is 0 Å². The van der Waals surface area contributed by atoms with Crippen molar-refractivity contribution in [1.82, 2.24) is 4.90 Å². The highest BCUT2D eigenvalue weighted by atomic mass is 35.5. The minimum atomic E-state index is -4.13. The predicted octanol–water partition coefficient (Wildman–Crippen LogP) is 1.74. The standard InChI is InChI=1S/C19H19ClN2O6S/c20-15-7-6-14(12-16(15)29(21,25)26)19(24)28-17(13-4-2-1-3-5-13)18(23)22-8-10-27-11-9-22/h1-7,12,17H,8-11H2,(H2,21,25,26)/t17-/m1/s1. The van der Waals surface area contributed by atoms with E-state index >= 15 is 0 Å². The molecular formula is C19H19ClN2O6S. The van der Waals surface area contributed by atoms with Crippen LogP contribution in [-0.2, 0) is 24.3 Å². The second kappa shape index (κ2) is 8.91. The molecule has 2 aromatic rings. The molecule has 1 amide bonds. The fourth-order valence-electron chi connectivity index (χ4n) is 2.86. The number of nitrogens with two attached hydrogens (primary N) is 1. The molecule has 0 spiro atoms. The fraction of sp³-hybridized carbons (Fsp3) is 0.263. The van der Waals surface area contributed by atoms with Crippen molar-refractivity contribution in [3.63, 3.8) is 0 Å². The van der Waals surface area contributed by atoms with Crippen molar-refractivity contribution in [2.75, 3.05) is 26.3 Å². The van der Waals surface area contributed by atoms with Gasteiger partial charge >= 0.3 is 5.97 Å². The lowest BCUT2D eigenvalue weighted by Gasteiger charge is -2.30. The number of amides is 1. The molecule has 1 saturated heterocycles. The van der Waals surface area contributed by atoms with E-state index in [4.69, 9.17) is 26.2 Å². The minimum absolute atomic E-state index is 0.0888. The molecule has 3 rings (SSSR count). The summed E-state index contributed by atoms with van der Waals surface area (Å²) >= 11 is 5.86. The molecule has 0 saturated carbocycles. The first-order chi connectivity index (χ1) is 13.8. The monoisotopic (exact) mass is 438 g/mol. The van der Waals surface area contributed by atoms with Gasteiger partial charge < -0.3 is 14.4 Å². The summed E-state index contributed by atoms with van der Waals surface area (Å²) in [5.74, 6) is -1.25. The van der Waals surface area contributed by atoms with Gasteiger partial charge in [0.25, 0.3) is 5.91 Å². The molecule has 0 aromatic heterocycles. The number of primary sulfonamides is 1. The van der Waals surface area contributed by atoms with Gasteiger partial charge in [0.05, 0.1) is 23.8 Å². The van der Waals surface area contributed by atoms with Crippen molar-refractivity contribution >= 4 is 33.5 Å². The van der Waals surface area contributed by atoms with Crippen molar-refractivity contribution in [2.45, 2.75) is 11.0 Å². The molecule has 1 aliphatic rings. The topological polar surface area (TPSA) is 116 Å². The van der Waals surface area contributed by atoms with Crippen molar-refractivity contribution in [1.29, 1.82) is 0 Å². The summed E-state index contributed by atoms with van der Waals surface area (Å²) in [6, 6.07) is 12.1. The lowest BCUT2D eigenvalue weighted by molar-refractivity contribution is -0.145. The zero-order chi connectivity index (χ0) is 21.0. The first-order valence-electron chi connectivity index (χ1n) is 8.72. The summed E-state index contributed by atoms with van der Waals surface area (Å²) in [7, 11) is -4.13. The molecule has 0 aliphatic carbocycles. The summed E-state index contributed by atoms with van der Waals surface area (Å²) in [6.07, 6.45) is -1.18. The van der Waals surface area contributed by atoms with Crippen molar-refractivity contribution in [3.8, 4) is 0 Å². The third-order valence-electron chi connectivity index (χ3n) is 4.35. The van der Waals surface area contributed by atoms with Gasteiger partial charge in [0.2, 0.25) is 16.1 Å². The highest BCUT2D eigenvalue weighted by Crippen LogP contribution is 2.25. The number of nitrogens with zero attached hydrogens (tertiary/aromatic N) is 1. The lowest BCUT2D eigenvalue weighted by Crippen LogP contribution is -2.44. The molecule has 2 N–H and O–H groups in total. The van der Waals surface area contributed by atoms with Gasteiger partial charge in [-0.15, -0.1) is 0 Å². The largest absolute Gasteiger partial charge is 0.444 e. The van der Waals surface area contributed by atoms with Crippen LogP contribution < -0.4 is 5.14 Å². The summed E-state index contributed by atoms with van der Waals surface area (Å²) in [6.45, 7) is 1.57. The molecule has 29 heavy (non-hydrogen) atoms. The molecule has 8 nitrogen and oxygen atoms in total. The average molecular weight is 439 g/mol. The second-order valence-electron chi connectivity index (χ2n) is 6.32. The normalized spacial score (nSPS) is 15.6. The quantitative estimate of drug-likeness (QED) is 0.711. The van der Waals surface area contributed by atoms with Crippen molar-refractivity contribution in [2.24, 2.45) is 5.14 Å². The van der Waals surface area contributed by atoms with Crippen LogP contribution in [0.2, 0.25) is 5.02 Å². The van der Waals surface area contributed by atoms with E-state index < -0.39 is 27.0 Å². The number of ether oxygens (including phenoxy) is 2. The van der Waals surface area contributed by atoms with E-state index in [1.54, 1.807) is 35.2 Å². The molecule has 2 aromatic carbocycles. The lowest BCUT2D eigenvalue weighted by atomic mass is 10.1. The SMILES string of the molecule is NS(=O)(=O)c1cc(C(=O)O[C@@H](C(=O)N2CCOCC2)c2ccccc2)ccc1Cl. The van der Waals surface area contributed by atoms with Crippen LogP contribution in [0.5, 0.6) is 0 Å². The van der Waals surface area contributed by atoms with Crippen LogP contribution in [0.15, 0.2) is 53.4 Å². The first kappa shape index (κ1) is 21.3. The number of hydrogen-bond donors (Lipinski definition) is 1. The predicted molar refractivity (Wildman–Crippen MR) is 105 cm³/mol. The zero-order valence-corrected chi connectivity index (χ0v) is 16.9. The second-order valence-corrected chi connectivity index (χ2v) is 8.26. The molecule has 1 heterocycles. The van der Waals surface area contributed by atoms with Crippen LogP contribution in [0.25, 0.3) is 0 Å². The molecule has 10 heteroatoms. The maximum Gasteiger partial charge on any atom is 0.339 e. The number of sulfonamides is 1. The van der Waals surface area contributed by atoms with E-state index in [1.165, 1.54) is 12.1 Å². The Bertz CT molecular complexity index is 1010. The molecule has 0 bridgehead atoms. The number of hydrogen-bond acceptors (Lipinski definition) is 6. The molecule has 1 fully saturated rings. The maximum absolute atomic E-state index is 13.0. The number of esters is 1. The number of carbonyl (C=O) groups is 2. The van der Waals surface area contributed by atoms with Crippen LogP contribution in [0.4, 0.5) is 0 Å². The Morgan fingerprint density at radius 1 is 1.10 bits per heavy atom. The van der Waals surface area contributed by atoms with Gasteiger partial charge in [0.1, 0.15) is 4.90 Å². The summed E-state index contributed by atoms with van der Waals surface area (Å²) in [4.78, 5) is 26.9. The number of morpholine rings is 1. The van der Waals surface area contributed by atoms with E-state index in [0.717, 1.165) is 6.07 Å². The number of carbonyl (C=O) groups excluding carboxylic acids is 2. The number of benzene rings is 2. The first-order valence-corrected chi connectivity index (χ1v) is 10.6. The molecular weight excluding hydrogens is 420 g/mol. The molecule has 1 aliphatic heterocycles. The van der Waals surface area contributed by atoms with E-state index in [2.05, 4.69) is 0 Å². The summed E-state index contributed by atoms with van der Waals surface area (Å²) in [5.41, 5.74) is 0.409. The summed E-state index contributed by atoms with van der Waals surface area (Å²) < 4.78 is 34.1. The Hall–Kier alpha value is -2.46. The molecule has 0 unspecified atom stereocenters. The number of halogens is 1. The smallest absolute Gasteiger partial charge is 0.339 e. The third-order valence-corrected chi connectivity index (χ3v) is 5.74. The summed E-state index contributed by atoms with van der Waals surface area (Å²) in [5, 5.41) is 5.01. The van der Waals surface area contributed by atoms with Crippen LogP contribution in [0.3, 0.4) is 0 Å². The molecule has 1 atom stereocenters. The average Bonchev–Trinajstić information content (AvgIpc) is 2.72. The molecule has 0 radical (unpaired) electrons. The van der Waals surface area contributed by atoms with Crippen LogP contribution >= 0.6 is 11.6 Å². The van der Waals surface area contributed by atoms with Gasteiger partial charge in [-0.2, -0.15) is 0 Å². The minimum Gasteiger partial charge on any atom is -0.444 e. The van der Waals surface area contributed by atoms with E-state index in [9.17, 15) is 18.0 Å². The zero-order valence-electron chi connectivity index (χ0n) is 15.3. The van der Waals surface area contributed by atoms with Crippen molar-refractivity contribution < 1.29 is 27.5 Å². The highest BCUT2D eigenvalue weighted by molar-refractivity contribution is 7.89. The van der Waals surface area contributed by atoms with Gasteiger partial charge in [-0.05, 0) is 18.2 Å². The van der Waals surface area contributed by atoms with Gasteiger partial charge in [0, 0.05) is 18.7 Å². The Balaban J connectivity index is 1.90. The van der Waals surface area contributed by atoms with E-state index in [1.807, 2.05) is 0 Å². The van der Waals surface area contributed by atoms with E-state index in [0.29, 0.717) is 31.9 Å². The Morgan fingerprint density at radius 3 is 2.38 bits per heavy atom. The Kier molecular flexibility index (Phi) is 6.53. The van der Waals surface area contributed by atoms with Crippen molar-refractivity contribution in [3.05, 3.63) is 64.7 Å². The number of rotatable bonds is 5. The fourth-order valence-corrected chi connectivity index (χ4v) is 3.93. The third kappa shape index (κ3) is 5.13. The van der Waals surface area contributed by atoms with Crippen LogP contribution in [-0.4, -0.2) is 51.5 Å². The van der Waals surface area contributed by atoms with Gasteiger partial charge in [-0.1, -0.05) is 41.9 Å². The van der Waals surface area contributed by atoms with Gasteiger partial charge in [-0.3, -0.25) is 4.79 Å². The molecule has 154 valence electrons.